The summed E-state index contributed by atoms with van der Waals surface area (Å²) in [5.74, 6) is 0.104. The van der Waals surface area contributed by atoms with Gasteiger partial charge in [-0.25, -0.2) is 0 Å². The van der Waals surface area contributed by atoms with Crippen molar-refractivity contribution in [1.82, 2.24) is 0 Å². The number of rotatable bonds is 3. The summed E-state index contributed by atoms with van der Waals surface area (Å²) < 4.78 is 6.20. The molecule has 0 spiro atoms. The third-order valence-electron chi connectivity index (χ3n) is 3.48. The third kappa shape index (κ3) is 3.19. The predicted octanol–water partition coefficient (Wildman–Crippen LogP) is 2.16. The van der Waals surface area contributed by atoms with Gasteiger partial charge in [0.2, 0.25) is 0 Å². The monoisotopic (exact) mass is 327 g/mol. The Morgan fingerprint density at radius 2 is 2.16 bits per heavy atom. The average molecular weight is 328 g/mol. The molecule has 0 atom stereocenters. The van der Waals surface area contributed by atoms with Gasteiger partial charge in [-0.3, -0.25) is 0 Å². The van der Waals surface area contributed by atoms with E-state index in [1.54, 1.807) is 0 Å². The van der Waals surface area contributed by atoms with E-state index in [1.807, 2.05) is 18.2 Å². The quantitative estimate of drug-likeness (QED) is 0.386. The lowest BCUT2D eigenvalue weighted by molar-refractivity contribution is 0.0855. The lowest BCUT2D eigenvalue weighted by Gasteiger charge is -2.33. The number of amidine groups is 1. The molecular formula is C13H18BrN3O2. The summed E-state index contributed by atoms with van der Waals surface area (Å²) in [5, 5.41) is 11.7. The van der Waals surface area contributed by atoms with Crippen LogP contribution in [0, 0.1) is 0 Å². The lowest BCUT2D eigenvalue weighted by atomic mass is 10.1. The normalized spacial score (nSPS) is 17.5. The topological polar surface area (TPSA) is 71.1 Å². The van der Waals surface area contributed by atoms with Gasteiger partial charge in [0.15, 0.2) is 5.84 Å². The fraction of sp³-hybridized carbons (Fsp3) is 0.462. The highest BCUT2D eigenvalue weighted by atomic mass is 79.9. The van der Waals surface area contributed by atoms with Crippen LogP contribution in [0.15, 0.2) is 27.8 Å². The van der Waals surface area contributed by atoms with E-state index < -0.39 is 0 Å². The molecule has 1 aliphatic rings. The minimum atomic E-state index is 0.104. The van der Waals surface area contributed by atoms with E-state index in [2.05, 4.69) is 33.0 Å². The van der Waals surface area contributed by atoms with Crippen molar-refractivity contribution < 1.29 is 9.94 Å². The highest BCUT2D eigenvalue weighted by Crippen LogP contribution is 2.26. The summed E-state index contributed by atoms with van der Waals surface area (Å²) in [6, 6.07) is 6.32. The summed E-state index contributed by atoms with van der Waals surface area (Å²) in [6.45, 7) is 1.64. The van der Waals surface area contributed by atoms with Gasteiger partial charge in [0.25, 0.3) is 0 Å². The second kappa shape index (κ2) is 6.25. The smallest absolute Gasteiger partial charge is 0.171 e. The number of nitrogens with two attached hydrogens (primary N) is 1. The number of nitrogens with zero attached hydrogens (tertiary/aromatic N) is 2. The minimum Gasteiger partial charge on any atom is -0.409 e. The molecule has 0 aliphatic carbocycles. The van der Waals surface area contributed by atoms with Gasteiger partial charge in [-0.2, -0.15) is 0 Å². The Labute approximate surface area is 121 Å². The minimum absolute atomic E-state index is 0.104. The molecule has 0 unspecified atom stereocenters. The van der Waals surface area contributed by atoms with Crippen LogP contribution >= 0.6 is 15.9 Å². The molecule has 1 aromatic rings. The van der Waals surface area contributed by atoms with E-state index in [1.165, 1.54) is 0 Å². The van der Waals surface area contributed by atoms with E-state index in [0.717, 1.165) is 36.2 Å². The third-order valence-corrected chi connectivity index (χ3v) is 4.14. The van der Waals surface area contributed by atoms with Crippen LogP contribution in [0.25, 0.3) is 0 Å². The summed E-state index contributed by atoms with van der Waals surface area (Å²) in [5.41, 5.74) is 7.40. The van der Waals surface area contributed by atoms with Crippen LogP contribution in [0.1, 0.15) is 18.4 Å². The summed E-state index contributed by atoms with van der Waals surface area (Å²) in [4.78, 5) is 2.25. The molecular weight excluding hydrogens is 310 g/mol. The number of anilines is 1. The van der Waals surface area contributed by atoms with Gasteiger partial charge < -0.3 is 20.6 Å². The van der Waals surface area contributed by atoms with Crippen molar-refractivity contribution >= 4 is 27.5 Å². The molecule has 19 heavy (non-hydrogen) atoms. The number of halogens is 1. The first kappa shape index (κ1) is 14.1. The van der Waals surface area contributed by atoms with Crippen molar-refractivity contribution in [2.45, 2.75) is 18.9 Å². The Balaban J connectivity index is 2.19. The first-order valence-electron chi connectivity index (χ1n) is 6.21. The Morgan fingerprint density at radius 1 is 1.47 bits per heavy atom. The van der Waals surface area contributed by atoms with Gasteiger partial charge in [0.1, 0.15) is 0 Å². The van der Waals surface area contributed by atoms with E-state index >= 15 is 0 Å². The van der Waals surface area contributed by atoms with E-state index in [4.69, 9.17) is 15.7 Å². The molecule has 6 heteroatoms. The fourth-order valence-electron chi connectivity index (χ4n) is 2.27. The molecule has 1 fully saturated rings. The number of benzene rings is 1. The SMILES string of the molecule is CN(c1ccc(/C(N)=N/O)c(Br)c1)C1CCOCC1. The number of oxime groups is 1. The molecule has 2 rings (SSSR count). The van der Waals surface area contributed by atoms with Crippen LogP contribution in [-0.4, -0.2) is 37.3 Å². The van der Waals surface area contributed by atoms with E-state index in [-0.39, 0.29) is 5.84 Å². The molecule has 0 bridgehead atoms. The van der Waals surface area contributed by atoms with Crippen LogP contribution in [0.2, 0.25) is 0 Å². The second-order valence-electron chi connectivity index (χ2n) is 4.60. The van der Waals surface area contributed by atoms with Crippen LogP contribution in [0.3, 0.4) is 0 Å². The van der Waals surface area contributed by atoms with Crippen molar-refractivity contribution in [2.24, 2.45) is 10.9 Å². The van der Waals surface area contributed by atoms with Crippen molar-refractivity contribution in [2.75, 3.05) is 25.2 Å². The highest BCUT2D eigenvalue weighted by molar-refractivity contribution is 9.10. The van der Waals surface area contributed by atoms with Crippen LogP contribution in [-0.2, 0) is 4.74 Å². The zero-order valence-electron chi connectivity index (χ0n) is 10.8. The molecule has 0 aromatic heterocycles. The van der Waals surface area contributed by atoms with Gasteiger partial charge in [0.05, 0.1) is 0 Å². The number of hydrogen-bond acceptors (Lipinski definition) is 4. The van der Waals surface area contributed by atoms with Gasteiger partial charge in [-0.15, -0.1) is 0 Å². The zero-order chi connectivity index (χ0) is 13.8. The Kier molecular flexibility index (Phi) is 4.66. The van der Waals surface area contributed by atoms with Gasteiger partial charge in [-0.05, 0) is 47.0 Å². The number of hydrogen-bond donors (Lipinski definition) is 2. The first-order valence-corrected chi connectivity index (χ1v) is 7.01. The Hall–Kier alpha value is -1.27. The standard InChI is InChI=1S/C13H18BrN3O2/c1-17(9-4-6-19-7-5-9)10-2-3-11(12(14)8-10)13(15)16-18/h2-3,8-9,18H,4-7H2,1H3,(H2,15,16). The molecule has 104 valence electrons. The Morgan fingerprint density at radius 3 is 2.74 bits per heavy atom. The van der Waals surface area contributed by atoms with Crippen molar-refractivity contribution in [3.63, 3.8) is 0 Å². The molecule has 1 aliphatic heterocycles. The van der Waals surface area contributed by atoms with Crippen LogP contribution in [0.5, 0.6) is 0 Å². The summed E-state index contributed by atoms with van der Waals surface area (Å²) in [7, 11) is 2.08. The number of ether oxygens (including phenoxy) is 1. The van der Waals surface area contributed by atoms with E-state index in [9.17, 15) is 0 Å². The van der Waals surface area contributed by atoms with Crippen molar-refractivity contribution in [3.05, 3.63) is 28.2 Å². The zero-order valence-corrected chi connectivity index (χ0v) is 12.4. The fourth-order valence-corrected chi connectivity index (χ4v) is 2.84. The molecule has 0 radical (unpaired) electrons. The van der Waals surface area contributed by atoms with Crippen molar-refractivity contribution in [3.8, 4) is 0 Å². The summed E-state index contributed by atoms with van der Waals surface area (Å²) >= 11 is 3.46. The maximum Gasteiger partial charge on any atom is 0.171 e. The molecule has 3 N–H and O–H groups in total. The largest absolute Gasteiger partial charge is 0.409 e. The highest BCUT2D eigenvalue weighted by Gasteiger charge is 2.19. The van der Waals surface area contributed by atoms with Gasteiger partial charge in [-0.1, -0.05) is 5.16 Å². The van der Waals surface area contributed by atoms with E-state index in [0.29, 0.717) is 11.6 Å². The van der Waals surface area contributed by atoms with Crippen molar-refractivity contribution in [1.29, 1.82) is 0 Å². The van der Waals surface area contributed by atoms with Crippen LogP contribution < -0.4 is 10.6 Å². The summed E-state index contributed by atoms with van der Waals surface area (Å²) in [6.07, 6.45) is 2.08. The van der Waals surface area contributed by atoms with Crippen LogP contribution in [0.4, 0.5) is 5.69 Å². The molecule has 5 nitrogen and oxygen atoms in total. The Bertz CT molecular complexity index is 473. The molecule has 0 amide bonds. The molecule has 1 saturated heterocycles. The van der Waals surface area contributed by atoms with Gasteiger partial charge >= 0.3 is 0 Å². The molecule has 1 aromatic carbocycles. The maximum absolute atomic E-state index is 8.71. The maximum atomic E-state index is 8.71. The predicted molar refractivity (Wildman–Crippen MR) is 78.9 cm³/mol. The average Bonchev–Trinajstić information content (AvgIpc) is 2.46. The molecule has 1 heterocycles. The first-order chi connectivity index (χ1) is 9.13. The molecule has 0 saturated carbocycles. The van der Waals surface area contributed by atoms with Gasteiger partial charge in [0, 0.05) is 42.0 Å². The second-order valence-corrected chi connectivity index (χ2v) is 5.46. The lowest BCUT2D eigenvalue weighted by Crippen LogP contribution is -2.36.